The standard InChI is InChI=1S/C37H67N3O13S/c1-23(44)40-34(8,30(4,18-42)20-50-21-33(7)36(10,48)37(11,49)35(9,47)31(5,19-43)53-33)32(6,52-29(2,3)17-41)22-51-26(45)15-13-12-14-25-27-24(16-54-25)38-28(46)39-27/h24-25,27,41-43,47-49H,12-22H2,1-11H3,(H,40,44)(H2,38,39,46)/t24-,25?,27-,30?,31?,32?,33?,34?,35?,36?,37?/m0/s1. The van der Waals surface area contributed by atoms with E-state index in [1.165, 1.54) is 41.5 Å². The Labute approximate surface area is 323 Å². The Balaban J connectivity index is 1.83. The number of ether oxygens (including phenoxy) is 4. The van der Waals surface area contributed by atoms with Crippen LogP contribution < -0.4 is 16.0 Å². The Bertz CT molecular complexity index is 1370. The molecule has 3 rings (SSSR count). The van der Waals surface area contributed by atoms with Crippen LogP contribution in [0.2, 0.25) is 0 Å². The summed E-state index contributed by atoms with van der Waals surface area (Å²) in [5.74, 6) is -0.166. The number of aliphatic hydroxyl groups excluding tert-OH is 3. The molecule has 3 fully saturated rings. The van der Waals surface area contributed by atoms with Crippen molar-refractivity contribution in [3.63, 3.8) is 0 Å². The molecule has 9 N–H and O–H groups in total. The molecule has 17 heteroatoms. The zero-order valence-corrected chi connectivity index (χ0v) is 34.8. The van der Waals surface area contributed by atoms with Crippen LogP contribution in [0, 0.1) is 5.41 Å². The van der Waals surface area contributed by atoms with Gasteiger partial charge in [0, 0.05) is 29.8 Å². The summed E-state index contributed by atoms with van der Waals surface area (Å²) in [5, 5.41) is 75.2. The number of fused-ring (bicyclic) bond motifs is 1. The molecular weight excluding hydrogens is 726 g/mol. The van der Waals surface area contributed by atoms with Gasteiger partial charge >= 0.3 is 12.0 Å². The normalized spacial score (nSPS) is 37.3. The molecule has 3 aliphatic heterocycles. The fourth-order valence-electron chi connectivity index (χ4n) is 8.11. The summed E-state index contributed by atoms with van der Waals surface area (Å²) in [5.41, 5.74) is -15.7. The first kappa shape index (κ1) is 46.6. The lowest BCUT2D eigenvalue weighted by molar-refractivity contribution is -0.408. The van der Waals surface area contributed by atoms with Gasteiger partial charge in [0.1, 0.15) is 40.2 Å². The molecule has 0 spiro atoms. The minimum atomic E-state index is -2.21. The number of unbranched alkanes of at least 4 members (excludes halogenated alkanes) is 1. The molecule has 3 aliphatic rings. The zero-order valence-electron chi connectivity index (χ0n) is 34.0. The Hall–Kier alpha value is -1.80. The number of carbonyl (C=O) groups excluding carboxylic acids is 3. The lowest BCUT2D eigenvalue weighted by Gasteiger charge is -2.65. The molecule has 3 amide bonds. The predicted octanol–water partition coefficient (Wildman–Crippen LogP) is 0.505. The molecule has 11 atom stereocenters. The average molecular weight is 794 g/mol. The Morgan fingerprint density at radius 3 is 2.07 bits per heavy atom. The SMILES string of the molecule is CC(=O)NC(C)(C(C)(CO)COCC1(C)OC(C)(CO)C(C)(O)C(C)(O)C1(C)O)C(C)(COC(=O)CCCCC1SC[C@@H]2NC(=O)N[C@H]12)OC(C)(C)CO. The Morgan fingerprint density at radius 2 is 1.52 bits per heavy atom. The van der Waals surface area contributed by atoms with Crippen LogP contribution >= 0.6 is 11.8 Å². The first-order valence-electron chi connectivity index (χ1n) is 18.7. The number of amides is 3. The van der Waals surface area contributed by atoms with E-state index in [-0.39, 0.29) is 43.0 Å². The van der Waals surface area contributed by atoms with Gasteiger partial charge in [-0.05, 0) is 75.2 Å². The highest BCUT2D eigenvalue weighted by atomic mass is 32.2. The third kappa shape index (κ3) is 8.41. The van der Waals surface area contributed by atoms with E-state index in [0.29, 0.717) is 6.42 Å². The minimum absolute atomic E-state index is 0.0663. The molecule has 3 heterocycles. The summed E-state index contributed by atoms with van der Waals surface area (Å²) in [4.78, 5) is 37.8. The van der Waals surface area contributed by atoms with Gasteiger partial charge in [-0.15, -0.1) is 0 Å². The summed E-state index contributed by atoms with van der Waals surface area (Å²) in [7, 11) is 0. The van der Waals surface area contributed by atoms with Gasteiger partial charge < -0.3 is 65.5 Å². The highest BCUT2D eigenvalue weighted by molar-refractivity contribution is 8.00. The summed E-state index contributed by atoms with van der Waals surface area (Å²) < 4.78 is 24.7. The number of nitrogens with one attached hydrogen (secondary N) is 3. The van der Waals surface area contributed by atoms with Crippen LogP contribution in [0.5, 0.6) is 0 Å². The van der Waals surface area contributed by atoms with Gasteiger partial charge in [-0.25, -0.2) is 4.79 Å². The van der Waals surface area contributed by atoms with Crippen molar-refractivity contribution in [2.24, 2.45) is 5.41 Å². The monoisotopic (exact) mass is 793 g/mol. The fourth-order valence-corrected chi connectivity index (χ4v) is 9.66. The number of urea groups is 1. The molecule has 0 aromatic rings. The molecule has 0 saturated carbocycles. The summed E-state index contributed by atoms with van der Waals surface area (Å²) >= 11 is 1.80. The molecule has 16 nitrogen and oxygen atoms in total. The molecule has 0 radical (unpaired) electrons. The van der Waals surface area contributed by atoms with Crippen molar-refractivity contribution >= 4 is 29.7 Å². The number of carbonyl (C=O) groups is 3. The fraction of sp³-hybridized carbons (Fsp3) is 0.919. The van der Waals surface area contributed by atoms with Crippen LogP contribution in [0.15, 0.2) is 0 Å². The number of hydrogen-bond donors (Lipinski definition) is 9. The van der Waals surface area contributed by atoms with Gasteiger partial charge in [-0.3, -0.25) is 9.59 Å². The summed E-state index contributed by atoms with van der Waals surface area (Å²) in [6.45, 7) is 13.3. The highest BCUT2D eigenvalue weighted by Gasteiger charge is 2.74. The van der Waals surface area contributed by atoms with Gasteiger partial charge in [0.25, 0.3) is 0 Å². The highest BCUT2D eigenvalue weighted by Crippen LogP contribution is 2.54. The number of thioether (sulfide) groups is 1. The van der Waals surface area contributed by atoms with Crippen LogP contribution in [0.1, 0.15) is 102 Å². The second-order valence-electron chi connectivity index (χ2n) is 17.7. The van der Waals surface area contributed by atoms with Crippen molar-refractivity contribution in [2.45, 2.75) is 164 Å². The van der Waals surface area contributed by atoms with Crippen LogP contribution in [-0.2, 0) is 28.5 Å². The largest absolute Gasteiger partial charge is 0.463 e. The zero-order chi connectivity index (χ0) is 41.4. The molecule has 54 heavy (non-hydrogen) atoms. The lowest BCUT2D eigenvalue weighted by Crippen LogP contribution is -2.85. The molecule has 0 bridgehead atoms. The average Bonchev–Trinajstić information content (AvgIpc) is 3.62. The van der Waals surface area contributed by atoms with Crippen LogP contribution in [0.4, 0.5) is 4.79 Å². The van der Waals surface area contributed by atoms with E-state index in [4.69, 9.17) is 18.9 Å². The van der Waals surface area contributed by atoms with Gasteiger partial charge in [-0.1, -0.05) is 13.3 Å². The lowest BCUT2D eigenvalue weighted by atomic mass is 9.58. The topological polar surface area (TPSA) is 246 Å². The van der Waals surface area contributed by atoms with Crippen LogP contribution in [0.25, 0.3) is 0 Å². The van der Waals surface area contributed by atoms with Crippen molar-refractivity contribution < 1.29 is 64.0 Å². The van der Waals surface area contributed by atoms with Crippen molar-refractivity contribution in [2.75, 3.05) is 45.4 Å². The number of aliphatic hydroxyl groups is 6. The molecule has 0 aromatic heterocycles. The first-order valence-corrected chi connectivity index (χ1v) is 19.7. The molecule has 0 aliphatic carbocycles. The van der Waals surface area contributed by atoms with E-state index in [1.54, 1.807) is 46.4 Å². The minimum Gasteiger partial charge on any atom is -0.463 e. The quantitative estimate of drug-likeness (QED) is 0.0492. The molecule has 0 aromatic carbocycles. The van der Waals surface area contributed by atoms with E-state index >= 15 is 0 Å². The number of esters is 1. The van der Waals surface area contributed by atoms with E-state index < -0.39 is 88.5 Å². The maximum Gasteiger partial charge on any atom is 0.315 e. The van der Waals surface area contributed by atoms with E-state index in [9.17, 15) is 45.0 Å². The van der Waals surface area contributed by atoms with Crippen molar-refractivity contribution in [1.82, 2.24) is 16.0 Å². The van der Waals surface area contributed by atoms with Crippen LogP contribution in [0.3, 0.4) is 0 Å². The van der Waals surface area contributed by atoms with Gasteiger partial charge in [0.15, 0.2) is 0 Å². The van der Waals surface area contributed by atoms with Gasteiger partial charge in [-0.2, -0.15) is 11.8 Å². The van der Waals surface area contributed by atoms with Crippen LogP contribution in [-0.4, -0.2) is 156 Å². The first-order chi connectivity index (χ1) is 24.6. The summed E-state index contributed by atoms with van der Waals surface area (Å²) in [6.07, 6.45) is 2.20. The molecule has 314 valence electrons. The predicted molar refractivity (Wildman–Crippen MR) is 201 cm³/mol. The van der Waals surface area contributed by atoms with Gasteiger partial charge in [0.2, 0.25) is 5.91 Å². The Kier molecular flexibility index (Phi) is 14.0. The number of rotatable bonds is 19. The third-order valence-electron chi connectivity index (χ3n) is 13.0. The van der Waals surface area contributed by atoms with E-state index in [0.717, 1.165) is 18.6 Å². The molecule has 9 unspecified atom stereocenters. The third-order valence-corrected chi connectivity index (χ3v) is 14.5. The second kappa shape index (κ2) is 16.2. The van der Waals surface area contributed by atoms with Crippen molar-refractivity contribution in [3.8, 4) is 0 Å². The Morgan fingerprint density at radius 1 is 0.907 bits per heavy atom. The molecular formula is C37H67N3O13S. The second-order valence-corrected chi connectivity index (χ2v) is 19.0. The maximum absolute atomic E-state index is 13.2. The van der Waals surface area contributed by atoms with Crippen molar-refractivity contribution in [3.05, 3.63) is 0 Å². The smallest absolute Gasteiger partial charge is 0.315 e. The van der Waals surface area contributed by atoms with Gasteiger partial charge in [0.05, 0.1) is 56.3 Å². The van der Waals surface area contributed by atoms with E-state index in [1.807, 2.05) is 0 Å². The maximum atomic E-state index is 13.2. The van der Waals surface area contributed by atoms with Crippen molar-refractivity contribution in [1.29, 1.82) is 0 Å². The number of hydrogen-bond acceptors (Lipinski definition) is 14. The van der Waals surface area contributed by atoms with E-state index in [2.05, 4.69) is 16.0 Å². The molecule has 3 saturated heterocycles. The summed E-state index contributed by atoms with van der Waals surface area (Å²) in [6, 6.07) is 0.0248.